The molecule has 0 radical (unpaired) electrons. The average molecular weight is 828 g/mol. The number of hydrogen-bond donors (Lipinski definition) is 4. The van der Waals surface area contributed by atoms with Crippen LogP contribution >= 0.6 is 0 Å². The molecule has 2 bridgehead atoms. The minimum Gasteiger partial charge on any atom is -0.456 e. The van der Waals surface area contributed by atoms with Crippen LogP contribution < -0.4 is 5.32 Å². The molecule has 1 saturated heterocycles. The predicted molar refractivity (Wildman–Crippen MR) is 207 cm³/mol. The maximum atomic E-state index is 15.4. The van der Waals surface area contributed by atoms with Crippen LogP contribution in [-0.2, 0) is 47.6 Å². The summed E-state index contributed by atoms with van der Waals surface area (Å²) in [4.78, 5) is 82.2. The molecule has 59 heavy (non-hydrogen) atoms. The van der Waals surface area contributed by atoms with Crippen LogP contribution in [0.1, 0.15) is 99.4 Å². The summed E-state index contributed by atoms with van der Waals surface area (Å²) in [5.74, 6) is -6.27. The maximum absolute atomic E-state index is 15.4. The topological polar surface area (TPSA) is 231 Å². The zero-order valence-electron chi connectivity index (χ0n) is 35.4. The predicted octanol–water partition coefficient (Wildman–Crippen LogP) is 3.42. The summed E-state index contributed by atoms with van der Waals surface area (Å²) in [6.45, 7) is 16.2. The quantitative estimate of drug-likeness (QED) is 0.159. The van der Waals surface area contributed by atoms with Crippen molar-refractivity contribution < 1.29 is 72.5 Å². The van der Waals surface area contributed by atoms with Crippen LogP contribution in [0.4, 0.5) is 4.79 Å². The summed E-state index contributed by atoms with van der Waals surface area (Å²) in [5.41, 5.74) is -7.91. The number of carbonyl (C=O) groups is 6. The van der Waals surface area contributed by atoms with Crippen molar-refractivity contribution in [1.82, 2.24) is 5.32 Å². The first-order valence-electron chi connectivity index (χ1n) is 19.6. The Labute approximate surface area is 343 Å². The van der Waals surface area contributed by atoms with Crippen molar-refractivity contribution >= 4 is 35.8 Å². The zero-order chi connectivity index (χ0) is 44.2. The molecular formula is C43H57NO15. The first-order chi connectivity index (χ1) is 27.2. The Morgan fingerprint density at radius 1 is 0.966 bits per heavy atom. The number of allylic oxidation sites excluding steroid dienone is 1. The third kappa shape index (κ3) is 8.16. The van der Waals surface area contributed by atoms with Gasteiger partial charge >= 0.3 is 30.0 Å². The lowest BCUT2D eigenvalue weighted by Gasteiger charge is -2.67. The third-order valence-corrected chi connectivity index (χ3v) is 12.2. The highest BCUT2D eigenvalue weighted by Gasteiger charge is 2.78. The van der Waals surface area contributed by atoms with E-state index in [1.807, 2.05) is 0 Å². The molecule has 2 saturated carbocycles. The van der Waals surface area contributed by atoms with E-state index in [9.17, 15) is 39.3 Å². The molecule has 0 aromatic heterocycles. The Kier molecular flexibility index (Phi) is 12.4. The Morgan fingerprint density at radius 3 is 2.12 bits per heavy atom. The number of hydrogen-bond acceptors (Lipinski definition) is 15. The normalized spacial score (nSPS) is 33.2. The SMILES string of the molecule is CC(=O)O[C@H]1C(=O)[C@@]2(C)C(C(OC(=O)c3ccccc3)[C@]3(O)C[C@H](OC(=O)[C@H](O)[C@H](C=C(C)C)NC(=O)OC(C)(C)C)C(C)=C1C3(C)C)[C@]1(OC(C)=O)CO[C@@H]1C[C@@H]2O. The smallest absolute Gasteiger partial charge is 0.408 e. The molecule has 3 fully saturated rings. The lowest BCUT2D eigenvalue weighted by atomic mass is 9.44. The minimum atomic E-state index is -2.38. The Balaban J connectivity index is 1.73. The second-order valence-corrected chi connectivity index (χ2v) is 18.0. The van der Waals surface area contributed by atoms with E-state index >= 15 is 4.79 Å². The number of amides is 1. The highest BCUT2D eigenvalue weighted by Crippen LogP contribution is 2.64. The largest absolute Gasteiger partial charge is 0.456 e. The molecule has 1 aliphatic heterocycles. The Morgan fingerprint density at radius 2 is 1.59 bits per heavy atom. The molecule has 16 heteroatoms. The van der Waals surface area contributed by atoms with Gasteiger partial charge in [0, 0.05) is 32.1 Å². The summed E-state index contributed by atoms with van der Waals surface area (Å²) < 4.78 is 35.4. The van der Waals surface area contributed by atoms with Gasteiger partial charge in [0.15, 0.2) is 23.6 Å². The first-order valence-corrected chi connectivity index (χ1v) is 19.6. The number of fused-ring (bicyclic) bond motifs is 5. The minimum absolute atomic E-state index is 0.00683. The molecule has 1 amide bonds. The molecule has 4 aliphatic rings. The fourth-order valence-electron chi connectivity index (χ4n) is 9.39. The van der Waals surface area contributed by atoms with Crippen LogP contribution in [0, 0.1) is 16.7 Å². The van der Waals surface area contributed by atoms with Crippen LogP contribution in [-0.4, -0.2) is 117 Å². The van der Waals surface area contributed by atoms with Gasteiger partial charge in [0.25, 0.3) is 0 Å². The fraction of sp³-hybridized carbons (Fsp3) is 0.628. The Hall–Kier alpha value is -4.64. The van der Waals surface area contributed by atoms with Gasteiger partial charge in [0.1, 0.15) is 29.5 Å². The van der Waals surface area contributed by atoms with Crippen molar-refractivity contribution in [2.24, 2.45) is 16.7 Å². The number of ketones is 1. The molecule has 5 rings (SSSR count). The molecule has 4 N–H and O–H groups in total. The standard InChI is InChI=1S/C43H57NO15/c1-21(2)17-26(44-38(52)59-39(6,7)8)31(48)37(51)56-27-19-43(53)35(57-36(50)25-15-13-12-14-16-25)33-41(11,28(47)18-29-42(33,20-54-29)58-24(5)46)34(49)32(55-23(4)45)30(22(27)3)40(43,9)10/h12-17,26-29,31-33,35,47-48,53H,18-20H2,1-11H3,(H,44,52)/t26-,27-,28-,29+,31+,32+,33?,35?,41+,42-,43+/m0/s1. The molecule has 1 aromatic rings. The molecule has 2 unspecified atom stereocenters. The summed E-state index contributed by atoms with van der Waals surface area (Å²) in [6, 6.07) is 6.48. The van der Waals surface area contributed by atoms with E-state index in [4.69, 9.17) is 28.4 Å². The van der Waals surface area contributed by atoms with E-state index in [0.717, 1.165) is 13.8 Å². The van der Waals surface area contributed by atoms with Crippen molar-refractivity contribution in [3.63, 3.8) is 0 Å². The van der Waals surface area contributed by atoms with E-state index in [1.54, 1.807) is 66.7 Å². The highest BCUT2D eigenvalue weighted by molar-refractivity contribution is 5.95. The van der Waals surface area contributed by atoms with E-state index in [-0.39, 0.29) is 29.7 Å². The van der Waals surface area contributed by atoms with Gasteiger partial charge in [-0.1, -0.05) is 43.7 Å². The number of alkyl carbamates (subject to hydrolysis) is 1. The maximum Gasteiger partial charge on any atom is 0.408 e. The molecular weight excluding hydrogens is 770 g/mol. The van der Waals surface area contributed by atoms with Crippen LogP contribution in [0.2, 0.25) is 0 Å². The van der Waals surface area contributed by atoms with Gasteiger partial charge in [0.05, 0.1) is 35.6 Å². The first kappa shape index (κ1) is 45.4. The van der Waals surface area contributed by atoms with Gasteiger partial charge < -0.3 is 49.1 Å². The number of benzene rings is 1. The van der Waals surface area contributed by atoms with Crippen LogP contribution in [0.5, 0.6) is 0 Å². The summed E-state index contributed by atoms with van der Waals surface area (Å²) in [7, 11) is 0. The molecule has 1 heterocycles. The fourth-order valence-corrected chi connectivity index (χ4v) is 9.39. The molecule has 0 spiro atoms. The van der Waals surface area contributed by atoms with Gasteiger partial charge in [-0.15, -0.1) is 0 Å². The molecule has 3 aliphatic carbocycles. The zero-order valence-corrected chi connectivity index (χ0v) is 35.4. The number of Topliss-reactive ketones (excluding diaryl/α,β-unsaturated/α-hetero) is 1. The van der Waals surface area contributed by atoms with E-state index in [0.29, 0.717) is 5.57 Å². The molecule has 16 nitrogen and oxygen atoms in total. The number of ether oxygens (including phenoxy) is 6. The van der Waals surface area contributed by atoms with Gasteiger partial charge in [0.2, 0.25) is 0 Å². The van der Waals surface area contributed by atoms with Crippen LogP contribution in [0.3, 0.4) is 0 Å². The lowest BCUT2D eigenvalue weighted by Crippen LogP contribution is -2.82. The van der Waals surface area contributed by atoms with Gasteiger partial charge in [-0.25, -0.2) is 14.4 Å². The number of aliphatic hydroxyl groups is 3. The average Bonchev–Trinajstić information content (AvgIpc) is 3.11. The number of rotatable bonds is 9. The van der Waals surface area contributed by atoms with Crippen molar-refractivity contribution in [2.45, 2.75) is 148 Å². The van der Waals surface area contributed by atoms with Crippen LogP contribution in [0.25, 0.3) is 0 Å². The summed E-state index contributed by atoms with van der Waals surface area (Å²) >= 11 is 0. The van der Waals surface area contributed by atoms with Crippen molar-refractivity contribution in [3.8, 4) is 0 Å². The number of carbonyl (C=O) groups excluding carboxylic acids is 6. The third-order valence-electron chi connectivity index (χ3n) is 12.2. The van der Waals surface area contributed by atoms with E-state index in [2.05, 4.69) is 5.32 Å². The molecule has 1 aromatic carbocycles. The van der Waals surface area contributed by atoms with E-state index in [1.165, 1.54) is 32.1 Å². The molecule has 11 atom stereocenters. The molecule has 324 valence electrons. The highest BCUT2D eigenvalue weighted by atomic mass is 16.6. The van der Waals surface area contributed by atoms with Gasteiger partial charge in [-0.05, 0) is 71.7 Å². The van der Waals surface area contributed by atoms with E-state index < -0.39 is 118 Å². The number of aliphatic hydroxyl groups excluding tert-OH is 2. The number of esters is 4. The summed E-state index contributed by atoms with van der Waals surface area (Å²) in [5, 5.41) is 39.5. The lowest BCUT2D eigenvalue weighted by molar-refractivity contribution is -0.346. The second kappa shape index (κ2) is 16.1. The second-order valence-electron chi connectivity index (χ2n) is 18.0. The van der Waals surface area contributed by atoms with Crippen molar-refractivity contribution in [2.75, 3.05) is 6.61 Å². The summed E-state index contributed by atoms with van der Waals surface area (Å²) in [6.07, 6.45) is -9.98. The Bertz CT molecular complexity index is 1930. The van der Waals surface area contributed by atoms with Crippen LogP contribution in [0.15, 0.2) is 53.1 Å². The van der Waals surface area contributed by atoms with Gasteiger partial charge in [-0.2, -0.15) is 0 Å². The number of nitrogens with one attached hydrogen (secondary N) is 1. The van der Waals surface area contributed by atoms with Gasteiger partial charge in [-0.3, -0.25) is 14.4 Å². The van der Waals surface area contributed by atoms with Crippen molar-refractivity contribution in [3.05, 3.63) is 58.7 Å². The monoisotopic (exact) mass is 827 g/mol. The van der Waals surface area contributed by atoms with Crippen molar-refractivity contribution in [1.29, 1.82) is 0 Å².